The van der Waals surface area contributed by atoms with Crippen LogP contribution in [0.1, 0.15) is 29.5 Å². The van der Waals surface area contributed by atoms with Crippen molar-refractivity contribution in [3.05, 3.63) is 54.0 Å². The predicted octanol–water partition coefficient (Wildman–Crippen LogP) is 3.54. The van der Waals surface area contributed by atoms with Crippen LogP contribution in [-0.2, 0) is 13.6 Å². The number of nitrogens with zero attached hydrogens (tertiary/aromatic N) is 4. The molecule has 5 rings (SSSR count). The third-order valence-corrected chi connectivity index (χ3v) is 5.68. The van der Waals surface area contributed by atoms with E-state index in [2.05, 4.69) is 27.2 Å². The summed E-state index contributed by atoms with van der Waals surface area (Å²) in [7, 11) is 1.89. The number of amides is 1. The third kappa shape index (κ3) is 3.49. The van der Waals surface area contributed by atoms with Crippen molar-refractivity contribution in [2.75, 3.05) is 18.4 Å². The highest BCUT2D eigenvalue weighted by atomic mass is 16.1. The second-order valence-electron chi connectivity index (χ2n) is 8.04. The summed E-state index contributed by atoms with van der Waals surface area (Å²) in [6, 6.07) is 11.4. The van der Waals surface area contributed by atoms with Crippen molar-refractivity contribution in [2.45, 2.75) is 19.9 Å². The lowest BCUT2D eigenvalue weighted by Crippen LogP contribution is -2.20. The van der Waals surface area contributed by atoms with Gasteiger partial charge < -0.3 is 10.3 Å². The fourth-order valence-electron chi connectivity index (χ4n) is 4.10. The van der Waals surface area contributed by atoms with Gasteiger partial charge in [0, 0.05) is 30.2 Å². The van der Waals surface area contributed by atoms with E-state index in [1.54, 1.807) is 10.9 Å². The van der Waals surface area contributed by atoms with Crippen molar-refractivity contribution in [1.82, 2.24) is 24.6 Å². The molecule has 3 heterocycles. The van der Waals surface area contributed by atoms with E-state index in [4.69, 9.17) is 4.98 Å². The number of aromatic nitrogens is 4. The zero-order chi connectivity index (χ0) is 20.0. The number of fused-ring (bicyclic) bond motifs is 2. The lowest BCUT2D eigenvalue weighted by atomic mass is 10.1. The van der Waals surface area contributed by atoms with Crippen molar-refractivity contribution in [1.29, 1.82) is 0 Å². The number of hydrogen-bond acceptors (Lipinski definition) is 4. The second kappa shape index (κ2) is 7.00. The van der Waals surface area contributed by atoms with E-state index in [1.807, 2.05) is 43.4 Å². The number of imidazole rings is 1. The molecule has 2 aromatic carbocycles. The Morgan fingerprint density at radius 1 is 1.28 bits per heavy atom. The fraction of sp³-hybridized carbons (Fsp3) is 0.318. The van der Waals surface area contributed by atoms with Crippen molar-refractivity contribution >= 4 is 33.5 Å². The zero-order valence-electron chi connectivity index (χ0n) is 16.6. The number of nitrogens with one attached hydrogen (secondary N) is 2. The Balaban J connectivity index is 1.33. The van der Waals surface area contributed by atoms with E-state index < -0.39 is 0 Å². The Kier molecular flexibility index (Phi) is 4.32. The molecule has 0 aliphatic carbocycles. The van der Waals surface area contributed by atoms with Gasteiger partial charge in [-0.3, -0.25) is 14.4 Å². The van der Waals surface area contributed by atoms with Gasteiger partial charge in [0.2, 0.25) is 0 Å². The van der Waals surface area contributed by atoms with E-state index in [1.165, 1.54) is 6.42 Å². The molecule has 1 atom stereocenters. The van der Waals surface area contributed by atoms with Gasteiger partial charge in [-0.1, -0.05) is 6.92 Å². The normalized spacial score (nSPS) is 17.4. The SMILES string of the molecule is CC1CCN(Cc2nc3ccc(NC(=O)c4ccc5c(cnn5C)c4)cc3[nH]2)C1. The average Bonchev–Trinajstić information content (AvgIpc) is 3.40. The molecule has 1 fully saturated rings. The number of carbonyl (C=O) groups is 1. The van der Waals surface area contributed by atoms with E-state index >= 15 is 0 Å². The highest BCUT2D eigenvalue weighted by Crippen LogP contribution is 2.22. The molecule has 1 aliphatic rings. The van der Waals surface area contributed by atoms with E-state index in [0.29, 0.717) is 5.56 Å². The van der Waals surface area contributed by atoms with Gasteiger partial charge in [-0.25, -0.2) is 4.98 Å². The summed E-state index contributed by atoms with van der Waals surface area (Å²) < 4.78 is 1.80. The van der Waals surface area contributed by atoms with Crippen LogP contribution in [0.2, 0.25) is 0 Å². The quantitative estimate of drug-likeness (QED) is 0.560. The standard InChI is InChI=1S/C22H24N6O/c1-14-7-8-28(12-14)13-21-25-18-5-4-17(10-19(18)26-21)24-22(29)15-3-6-20-16(9-15)11-23-27(20)2/h3-6,9-11,14H,7-8,12-13H2,1-2H3,(H,24,29)(H,25,26). The van der Waals surface area contributed by atoms with Crippen molar-refractivity contribution in [2.24, 2.45) is 13.0 Å². The second-order valence-corrected chi connectivity index (χ2v) is 8.04. The van der Waals surface area contributed by atoms with Gasteiger partial charge in [-0.2, -0.15) is 5.10 Å². The summed E-state index contributed by atoms with van der Waals surface area (Å²) in [6.07, 6.45) is 3.02. The molecule has 1 aliphatic heterocycles. The number of rotatable bonds is 4. The van der Waals surface area contributed by atoms with Crippen LogP contribution in [-0.4, -0.2) is 43.6 Å². The van der Waals surface area contributed by atoms with Gasteiger partial charge >= 0.3 is 0 Å². The highest BCUT2D eigenvalue weighted by Gasteiger charge is 2.19. The van der Waals surface area contributed by atoms with Crippen LogP contribution >= 0.6 is 0 Å². The van der Waals surface area contributed by atoms with Crippen LogP contribution in [0.5, 0.6) is 0 Å². The summed E-state index contributed by atoms with van der Waals surface area (Å²) in [5.74, 6) is 1.59. The predicted molar refractivity (Wildman–Crippen MR) is 114 cm³/mol. The molecule has 0 spiro atoms. The summed E-state index contributed by atoms with van der Waals surface area (Å²) in [4.78, 5) is 23.2. The number of aromatic amines is 1. The fourth-order valence-corrected chi connectivity index (χ4v) is 4.10. The first-order valence-corrected chi connectivity index (χ1v) is 9.99. The van der Waals surface area contributed by atoms with Gasteiger partial charge in [-0.05, 0) is 55.3 Å². The number of H-pyrrole nitrogens is 1. The largest absolute Gasteiger partial charge is 0.341 e. The molecule has 148 valence electrons. The number of likely N-dealkylation sites (tertiary alicyclic amines) is 1. The Hall–Kier alpha value is -3.19. The minimum absolute atomic E-state index is 0.138. The Bertz CT molecular complexity index is 1210. The molecule has 1 saturated heterocycles. The number of hydrogen-bond donors (Lipinski definition) is 2. The smallest absolute Gasteiger partial charge is 0.255 e. The summed E-state index contributed by atoms with van der Waals surface area (Å²) in [5, 5.41) is 8.16. The van der Waals surface area contributed by atoms with Gasteiger partial charge in [-0.15, -0.1) is 0 Å². The van der Waals surface area contributed by atoms with Crippen LogP contribution in [0.15, 0.2) is 42.6 Å². The summed E-state index contributed by atoms with van der Waals surface area (Å²) in [5.41, 5.74) is 4.22. The number of aryl methyl sites for hydroxylation is 1. The van der Waals surface area contributed by atoms with Crippen LogP contribution < -0.4 is 5.32 Å². The maximum absolute atomic E-state index is 12.7. The van der Waals surface area contributed by atoms with Crippen LogP contribution in [0.4, 0.5) is 5.69 Å². The molecule has 7 heteroatoms. The van der Waals surface area contributed by atoms with Crippen LogP contribution in [0.25, 0.3) is 21.9 Å². The van der Waals surface area contributed by atoms with E-state index in [0.717, 1.165) is 59.0 Å². The van der Waals surface area contributed by atoms with Gasteiger partial charge in [0.1, 0.15) is 5.82 Å². The Labute approximate surface area is 168 Å². The molecule has 1 amide bonds. The van der Waals surface area contributed by atoms with Crippen LogP contribution in [0.3, 0.4) is 0 Å². The molecular weight excluding hydrogens is 364 g/mol. The van der Waals surface area contributed by atoms with Crippen molar-refractivity contribution in [3.63, 3.8) is 0 Å². The molecule has 2 aromatic heterocycles. The maximum atomic E-state index is 12.7. The van der Waals surface area contributed by atoms with E-state index in [-0.39, 0.29) is 5.91 Å². The molecule has 7 nitrogen and oxygen atoms in total. The monoisotopic (exact) mass is 388 g/mol. The first-order chi connectivity index (χ1) is 14.0. The lowest BCUT2D eigenvalue weighted by molar-refractivity contribution is 0.102. The molecule has 0 radical (unpaired) electrons. The highest BCUT2D eigenvalue weighted by molar-refractivity contribution is 6.06. The number of anilines is 1. The molecule has 2 N–H and O–H groups in total. The third-order valence-electron chi connectivity index (χ3n) is 5.68. The first-order valence-electron chi connectivity index (χ1n) is 9.99. The van der Waals surface area contributed by atoms with Gasteiger partial charge in [0.15, 0.2) is 0 Å². The van der Waals surface area contributed by atoms with E-state index in [9.17, 15) is 4.79 Å². The van der Waals surface area contributed by atoms with Gasteiger partial charge in [0.05, 0.1) is 29.3 Å². The van der Waals surface area contributed by atoms with Crippen LogP contribution in [0, 0.1) is 5.92 Å². The number of carbonyl (C=O) groups excluding carboxylic acids is 1. The number of benzene rings is 2. The van der Waals surface area contributed by atoms with Crippen molar-refractivity contribution < 1.29 is 4.79 Å². The average molecular weight is 388 g/mol. The molecular formula is C22H24N6O. The molecule has 29 heavy (non-hydrogen) atoms. The molecule has 1 unspecified atom stereocenters. The Morgan fingerprint density at radius 3 is 3.00 bits per heavy atom. The van der Waals surface area contributed by atoms with Crippen molar-refractivity contribution in [3.8, 4) is 0 Å². The molecule has 4 aromatic rings. The molecule has 0 saturated carbocycles. The Morgan fingerprint density at radius 2 is 2.17 bits per heavy atom. The molecule has 0 bridgehead atoms. The topological polar surface area (TPSA) is 78.8 Å². The lowest BCUT2D eigenvalue weighted by Gasteiger charge is -2.12. The minimum atomic E-state index is -0.138. The minimum Gasteiger partial charge on any atom is -0.341 e. The van der Waals surface area contributed by atoms with Gasteiger partial charge in [0.25, 0.3) is 5.91 Å². The zero-order valence-corrected chi connectivity index (χ0v) is 16.6. The maximum Gasteiger partial charge on any atom is 0.255 e. The summed E-state index contributed by atoms with van der Waals surface area (Å²) >= 11 is 0. The first kappa shape index (κ1) is 17.9. The summed E-state index contributed by atoms with van der Waals surface area (Å²) in [6.45, 7) is 5.38.